The fraction of sp³-hybridized carbons (Fsp3) is 0.130. The van der Waals surface area contributed by atoms with Crippen molar-refractivity contribution in [3.63, 3.8) is 0 Å². The highest BCUT2D eigenvalue weighted by Crippen LogP contribution is 2.24. The molecule has 3 rings (SSSR count). The van der Waals surface area contributed by atoms with Crippen molar-refractivity contribution in [3.05, 3.63) is 89.4 Å². The van der Waals surface area contributed by atoms with Crippen molar-refractivity contribution in [2.75, 3.05) is 17.7 Å². The van der Waals surface area contributed by atoms with Crippen LogP contribution in [-0.2, 0) is 4.79 Å². The number of halogens is 1. The van der Waals surface area contributed by atoms with Crippen molar-refractivity contribution in [2.24, 2.45) is 5.92 Å². The van der Waals surface area contributed by atoms with Gasteiger partial charge in [-0.1, -0.05) is 29.8 Å². The maximum absolute atomic E-state index is 12.3. The number of para-hydroxylation sites is 1. The molecule has 7 heteroatoms. The first kappa shape index (κ1) is 21.7. The van der Waals surface area contributed by atoms with Crippen LogP contribution >= 0.6 is 23.4 Å². The number of ether oxygens (including phenoxy) is 1. The van der Waals surface area contributed by atoms with E-state index in [2.05, 4.69) is 5.32 Å². The number of nitrogens with one attached hydrogen (secondary N) is 1. The lowest BCUT2D eigenvalue weighted by atomic mass is 10.2. The summed E-state index contributed by atoms with van der Waals surface area (Å²) in [6, 6.07) is 23.0. The molecule has 5 nitrogen and oxygen atoms in total. The van der Waals surface area contributed by atoms with Crippen LogP contribution in [0.25, 0.3) is 0 Å². The van der Waals surface area contributed by atoms with Gasteiger partial charge < -0.3 is 15.2 Å². The average molecular weight is 442 g/mol. The third kappa shape index (κ3) is 6.54. The molecule has 154 valence electrons. The topological polar surface area (TPSA) is 75.6 Å². The number of rotatable bonds is 9. The molecule has 1 unspecified atom stereocenters. The number of carbonyl (C=O) groups excluding carboxylic acids is 1. The van der Waals surface area contributed by atoms with E-state index in [1.807, 2.05) is 30.3 Å². The Labute approximate surface area is 184 Å². The van der Waals surface area contributed by atoms with E-state index in [0.29, 0.717) is 27.8 Å². The number of thioether (sulfide) groups is 1. The summed E-state index contributed by atoms with van der Waals surface area (Å²) in [6.45, 7) is 0.0988. The lowest BCUT2D eigenvalue weighted by molar-refractivity contribution is -0.141. The first-order valence-corrected chi connectivity index (χ1v) is 10.6. The predicted molar refractivity (Wildman–Crippen MR) is 120 cm³/mol. The molecule has 3 aromatic carbocycles. The van der Waals surface area contributed by atoms with Crippen LogP contribution < -0.4 is 10.1 Å². The number of carboxylic acid groups (broad SMARTS) is 1. The number of hydrogen-bond donors (Lipinski definition) is 2. The van der Waals surface area contributed by atoms with Crippen molar-refractivity contribution < 1.29 is 19.4 Å². The van der Waals surface area contributed by atoms with E-state index in [1.165, 1.54) is 11.8 Å². The summed E-state index contributed by atoms with van der Waals surface area (Å²) < 4.78 is 5.58. The van der Waals surface area contributed by atoms with Gasteiger partial charge in [0, 0.05) is 26.9 Å². The molecule has 0 aromatic heterocycles. The predicted octanol–water partition coefficient (Wildman–Crippen LogP) is 5.46. The lowest BCUT2D eigenvalue weighted by Crippen LogP contribution is -2.23. The van der Waals surface area contributed by atoms with Gasteiger partial charge in [-0.2, -0.15) is 0 Å². The van der Waals surface area contributed by atoms with Crippen LogP contribution in [0.4, 0.5) is 5.69 Å². The number of hydrogen-bond acceptors (Lipinski definition) is 4. The maximum atomic E-state index is 12.3. The Bertz CT molecular complexity index is 978. The highest BCUT2D eigenvalue weighted by molar-refractivity contribution is 7.99. The highest BCUT2D eigenvalue weighted by atomic mass is 35.5. The molecule has 1 atom stereocenters. The van der Waals surface area contributed by atoms with Crippen molar-refractivity contribution in [2.45, 2.75) is 4.90 Å². The summed E-state index contributed by atoms with van der Waals surface area (Å²) >= 11 is 7.27. The molecule has 0 aliphatic rings. The Balaban J connectivity index is 1.51. The number of anilines is 1. The van der Waals surface area contributed by atoms with Gasteiger partial charge >= 0.3 is 5.97 Å². The molecule has 0 aliphatic carbocycles. The molecule has 0 fully saturated rings. The molecule has 1 amide bonds. The minimum absolute atomic E-state index is 0.0988. The van der Waals surface area contributed by atoms with Gasteiger partial charge in [-0.25, -0.2) is 0 Å². The number of aliphatic carboxylic acids is 1. The molecule has 0 saturated carbocycles. The number of carboxylic acids is 1. The SMILES string of the molecule is O=C(Nc1ccc(SCC(COc2ccccc2)C(=O)O)cc1)c1ccc(Cl)cc1. The van der Waals surface area contributed by atoms with Crippen LogP contribution in [0.2, 0.25) is 5.02 Å². The van der Waals surface area contributed by atoms with E-state index >= 15 is 0 Å². The number of carbonyl (C=O) groups is 2. The lowest BCUT2D eigenvalue weighted by Gasteiger charge is -2.14. The van der Waals surface area contributed by atoms with Gasteiger partial charge in [0.25, 0.3) is 5.91 Å². The molecular formula is C23H20ClNO4S. The van der Waals surface area contributed by atoms with Crippen LogP contribution in [0, 0.1) is 5.92 Å². The average Bonchev–Trinajstić information content (AvgIpc) is 2.75. The molecule has 0 aliphatic heterocycles. The molecule has 3 aromatic rings. The largest absolute Gasteiger partial charge is 0.493 e. The van der Waals surface area contributed by atoms with Crippen LogP contribution in [0.3, 0.4) is 0 Å². The summed E-state index contributed by atoms with van der Waals surface area (Å²) in [5, 5.41) is 12.8. The molecular weight excluding hydrogens is 422 g/mol. The Morgan fingerprint density at radius 1 is 0.967 bits per heavy atom. The third-order valence-electron chi connectivity index (χ3n) is 4.21. The number of amides is 1. The Morgan fingerprint density at radius 3 is 2.27 bits per heavy atom. The Morgan fingerprint density at radius 2 is 1.63 bits per heavy atom. The van der Waals surface area contributed by atoms with Crippen molar-refractivity contribution in [1.82, 2.24) is 0 Å². The van der Waals surface area contributed by atoms with E-state index in [-0.39, 0.29) is 12.5 Å². The van der Waals surface area contributed by atoms with Crippen molar-refractivity contribution >= 4 is 40.9 Å². The smallest absolute Gasteiger partial charge is 0.310 e. The highest BCUT2D eigenvalue weighted by Gasteiger charge is 2.19. The normalized spacial score (nSPS) is 11.5. The minimum atomic E-state index is -0.898. The molecule has 0 heterocycles. The first-order chi connectivity index (χ1) is 14.5. The quantitative estimate of drug-likeness (QED) is 0.431. The van der Waals surface area contributed by atoms with Gasteiger partial charge in [-0.3, -0.25) is 9.59 Å². The van der Waals surface area contributed by atoms with Gasteiger partial charge in [0.15, 0.2) is 0 Å². The monoisotopic (exact) mass is 441 g/mol. The third-order valence-corrected chi connectivity index (χ3v) is 5.64. The summed E-state index contributed by atoms with van der Waals surface area (Å²) in [5.41, 5.74) is 1.17. The summed E-state index contributed by atoms with van der Waals surface area (Å²) in [4.78, 5) is 24.7. The molecule has 2 N–H and O–H groups in total. The van der Waals surface area contributed by atoms with Crippen LogP contribution in [0.15, 0.2) is 83.8 Å². The van der Waals surface area contributed by atoms with Gasteiger partial charge in [0.1, 0.15) is 18.3 Å². The Kier molecular flexibility index (Phi) is 7.76. The second kappa shape index (κ2) is 10.7. The van der Waals surface area contributed by atoms with Crippen molar-refractivity contribution in [1.29, 1.82) is 0 Å². The number of benzene rings is 3. The fourth-order valence-electron chi connectivity index (χ4n) is 2.54. The van der Waals surface area contributed by atoms with Crippen LogP contribution in [0.1, 0.15) is 10.4 Å². The second-order valence-electron chi connectivity index (χ2n) is 6.46. The zero-order valence-electron chi connectivity index (χ0n) is 16.0. The molecule has 30 heavy (non-hydrogen) atoms. The Hall–Kier alpha value is -2.96. The molecule has 0 bridgehead atoms. The van der Waals surface area contributed by atoms with E-state index in [4.69, 9.17) is 16.3 Å². The zero-order valence-corrected chi connectivity index (χ0v) is 17.5. The second-order valence-corrected chi connectivity index (χ2v) is 7.99. The zero-order chi connectivity index (χ0) is 21.3. The van der Waals surface area contributed by atoms with Gasteiger partial charge in [0.05, 0.1) is 0 Å². The van der Waals surface area contributed by atoms with Gasteiger partial charge in [-0.15, -0.1) is 11.8 Å². The van der Waals surface area contributed by atoms with Crippen LogP contribution in [0.5, 0.6) is 5.75 Å². The first-order valence-electron chi connectivity index (χ1n) is 9.22. The van der Waals surface area contributed by atoms with E-state index < -0.39 is 11.9 Å². The van der Waals surface area contributed by atoms with E-state index in [9.17, 15) is 14.7 Å². The molecule has 0 saturated heterocycles. The molecule has 0 radical (unpaired) electrons. The molecule has 0 spiro atoms. The van der Waals surface area contributed by atoms with E-state index in [1.54, 1.807) is 48.5 Å². The minimum Gasteiger partial charge on any atom is -0.493 e. The van der Waals surface area contributed by atoms with Gasteiger partial charge in [0.2, 0.25) is 0 Å². The summed E-state index contributed by atoms with van der Waals surface area (Å²) in [7, 11) is 0. The fourth-order valence-corrected chi connectivity index (χ4v) is 3.63. The van der Waals surface area contributed by atoms with Gasteiger partial charge in [-0.05, 0) is 60.7 Å². The summed E-state index contributed by atoms with van der Waals surface area (Å²) in [5.74, 6) is -0.742. The standard InChI is InChI=1S/C23H20ClNO4S/c24-18-8-6-16(7-9-18)22(26)25-19-10-12-21(13-11-19)30-15-17(23(27)28)14-29-20-4-2-1-3-5-20/h1-13,17H,14-15H2,(H,25,26)(H,27,28). The van der Waals surface area contributed by atoms with Crippen molar-refractivity contribution in [3.8, 4) is 5.75 Å². The maximum Gasteiger partial charge on any atom is 0.310 e. The summed E-state index contributed by atoms with van der Waals surface area (Å²) in [6.07, 6.45) is 0. The van der Waals surface area contributed by atoms with E-state index in [0.717, 1.165) is 4.90 Å². The van der Waals surface area contributed by atoms with Crippen LogP contribution in [-0.4, -0.2) is 29.3 Å².